The van der Waals surface area contributed by atoms with E-state index in [0.29, 0.717) is 19.0 Å². The SMILES string of the molecule is CCS(=O)(=O)N1CCCC(c2cccc(Br)c2)C1. The van der Waals surface area contributed by atoms with Crippen molar-refractivity contribution in [3.63, 3.8) is 0 Å². The van der Waals surface area contributed by atoms with Gasteiger partial charge in [-0.2, -0.15) is 0 Å². The van der Waals surface area contributed by atoms with Gasteiger partial charge in [0, 0.05) is 17.6 Å². The maximum absolute atomic E-state index is 11.9. The van der Waals surface area contributed by atoms with Crippen LogP contribution in [0.15, 0.2) is 28.7 Å². The van der Waals surface area contributed by atoms with Crippen molar-refractivity contribution < 1.29 is 8.42 Å². The molecule has 2 rings (SSSR count). The molecule has 0 radical (unpaired) electrons. The summed E-state index contributed by atoms with van der Waals surface area (Å²) in [6.45, 7) is 2.99. The summed E-state index contributed by atoms with van der Waals surface area (Å²) in [5.74, 6) is 0.510. The van der Waals surface area contributed by atoms with E-state index in [1.165, 1.54) is 5.56 Å². The molecule has 1 unspecified atom stereocenters. The summed E-state index contributed by atoms with van der Waals surface area (Å²) in [4.78, 5) is 0. The molecule has 0 aliphatic carbocycles. The third-order valence-corrected chi connectivity index (χ3v) is 5.80. The molecule has 3 nitrogen and oxygen atoms in total. The monoisotopic (exact) mass is 331 g/mol. The highest BCUT2D eigenvalue weighted by atomic mass is 79.9. The minimum absolute atomic E-state index is 0.193. The van der Waals surface area contributed by atoms with Crippen molar-refractivity contribution in [1.29, 1.82) is 0 Å². The molecule has 0 saturated carbocycles. The predicted octanol–water partition coefficient (Wildman–Crippen LogP) is 2.98. The van der Waals surface area contributed by atoms with Crippen LogP contribution < -0.4 is 0 Å². The quantitative estimate of drug-likeness (QED) is 0.853. The van der Waals surface area contributed by atoms with Gasteiger partial charge in [-0.25, -0.2) is 12.7 Å². The topological polar surface area (TPSA) is 37.4 Å². The van der Waals surface area contributed by atoms with Crippen LogP contribution in [0.5, 0.6) is 0 Å². The lowest BCUT2D eigenvalue weighted by Crippen LogP contribution is -2.39. The predicted molar refractivity (Wildman–Crippen MR) is 77.2 cm³/mol. The van der Waals surface area contributed by atoms with Crippen molar-refractivity contribution in [3.8, 4) is 0 Å². The molecule has 1 heterocycles. The molecule has 0 spiro atoms. The first-order valence-electron chi connectivity index (χ1n) is 6.26. The van der Waals surface area contributed by atoms with Crippen LogP contribution in [-0.2, 0) is 10.0 Å². The third kappa shape index (κ3) is 3.13. The van der Waals surface area contributed by atoms with Crippen LogP contribution in [0, 0.1) is 0 Å². The molecular formula is C13H18BrNO2S. The molecule has 100 valence electrons. The van der Waals surface area contributed by atoms with Crippen molar-refractivity contribution in [2.75, 3.05) is 18.8 Å². The van der Waals surface area contributed by atoms with Crippen molar-refractivity contribution >= 4 is 26.0 Å². The molecule has 5 heteroatoms. The summed E-state index contributed by atoms with van der Waals surface area (Å²) in [7, 11) is -3.05. The molecule has 0 amide bonds. The highest BCUT2D eigenvalue weighted by molar-refractivity contribution is 9.10. The second kappa shape index (κ2) is 5.72. The number of nitrogens with zero attached hydrogens (tertiary/aromatic N) is 1. The highest BCUT2D eigenvalue weighted by Gasteiger charge is 2.28. The van der Waals surface area contributed by atoms with E-state index in [0.717, 1.165) is 17.3 Å². The van der Waals surface area contributed by atoms with Crippen LogP contribution in [0.25, 0.3) is 0 Å². The lowest BCUT2D eigenvalue weighted by Gasteiger charge is -2.32. The summed E-state index contributed by atoms with van der Waals surface area (Å²) in [5.41, 5.74) is 1.22. The number of halogens is 1. The molecule has 0 aromatic heterocycles. The number of sulfonamides is 1. The summed E-state index contributed by atoms with van der Waals surface area (Å²) >= 11 is 3.47. The molecule has 0 bridgehead atoms. The fourth-order valence-corrected chi connectivity index (χ4v) is 4.01. The van der Waals surface area contributed by atoms with Crippen LogP contribution in [0.3, 0.4) is 0 Å². The van der Waals surface area contributed by atoms with E-state index in [1.54, 1.807) is 11.2 Å². The van der Waals surface area contributed by atoms with E-state index in [-0.39, 0.29) is 5.75 Å². The summed E-state index contributed by atoms with van der Waals surface area (Å²) < 4.78 is 26.5. The Morgan fingerprint density at radius 1 is 1.44 bits per heavy atom. The fourth-order valence-electron chi connectivity index (χ4n) is 2.41. The van der Waals surface area contributed by atoms with Gasteiger partial charge in [0.15, 0.2) is 0 Å². The molecule has 1 aliphatic rings. The Hall–Kier alpha value is -0.390. The summed E-state index contributed by atoms with van der Waals surface area (Å²) in [6.07, 6.45) is 2.00. The summed E-state index contributed by atoms with van der Waals surface area (Å²) in [5, 5.41) is 0. The first-order valence-corrected chi connectivity index (χ1v) is 8.66. The fraction of sp³-hybridized carbons (Fsp3) is 0.538. The Morgan fingerprint density at radius 2 is 2.22 bits per heavy atom. The lowest BCUT2D eigenvalue weighted by atomic mass is 9.92. The zero-order chi connectivity index (χ0) is 13.2. The van der Waals surface area contributed by atoms with E-state index in [4.69, 9.17) is 0 Å². The van der Waals surface area contributed by atoms with Gasteiger partial charge < -0.3 is 0 Å². The smallest absolute Gasteiger partial charge is 0.212 e. The van der Waals surface area contributed by atoms with E-state index >= 15 is 0 Å². The van der Waals surface area contributed by atoms with Gasteiger partial charge in [0.2, 0.25) is 10.0 Å². The van der Waals surface area contributed by atoms with Crippen LogP contribution >= 0.6 is 15.9 Å². The lowest BCUT2D eigenvalue weighted by molar-refractivity contribution is 0.316. The minimum atomic E-state index is -3.05. The Morgan fingerprint density at radius 3 is 2.89 bits per heavy atom. The van der Waals surface area contributed by atoms with Gasteiger partial charge in [0.1, 0.15) is 0 Å². The minimum Gasteiger partial charge on any atom is -0.212 e. The average molecular weight is 332 g/mol. The second-order valence-corrected chi connectivity index (χ2v) is 7.83. The van der Waals surface area contributed by atoms with E-state index in [2.05, 4.69) is 28.1 Å². The highest BCUT2D eigenvalue weighted by Crippen LogP contribution is 2.29. The molecular weight excluding hydrogens is 314 g/mol. The maximum Gasteiger partial charge on any atom is 0.213 e. The van der Waals surface area contributed by atoms with Crippen LogP contribution in [0.1, 0.15) is 31.2 Å². The second-order valence-electron chi connectivity index (χ2n) is 4.65. The zero-order valence-corrected chi connectivity index (χ0v) is 12.9. The summed E-state index contributed by atoms with van der Waals surface area (Å²) in [6, 6.07) is 8.17. The van der Waals surface area contributed by atoms with Gasteiger partial charge in [0.05, 0.1) is 5.75 Å². The van der Waals surface area contributed by atoms with E-state index in [9.17, 15) is 8.42 Å². The van der Waals surface area contributed by atoms with E-state index in [1.807, 2.05) is 12.1 Å². The molecule has 1 atom stereocenters. The van der Waals surface area contributed by atoms with Gasteiger partial charge in [-0.1, -0.05) is 28.1 Å². The first-order chi connectivity index (χ1) is 8.53. The first kappa shape index (κ1) is 14.0. The number of benzene rings is 1. The Kier molecular flexibility index (Phi) is 4.45. The van der Waals surface area contributed by atoms with Crippen molar-refractivity contribution in [1.82, 2.24) is 4.31 Å². The van der Waals surface area contributed by atoms with Crippen molar-refractivity contribution in [2.45, 2.75) is 25.7 Å². The number of rotatable bonds is 3. The molecule has 18 heavy (non-hydrogen) atoms. The van der Waals surface area contributed by atoms with Gasteiger partial charge in [-0.15, -0.1) is 0 Å². The van der Waals surface area contributed by atoms with Gasteiger partial charge in [0.25, 0.3) is 0 Å². The van der Waals surface area contributed by atoms with Crippen LogP contribution in [-0.4, -0.2) is 31.6 Å². The Bertz CT molecular complexity index is 515. The Labute approximate surface area is 117 Å². The molecule has 1 fully saturated rings. The molecule has 0 N–H and O–H groups in total. The molecule has 1 aromatic rings. The van der Waals surface area contributed by atoms with Gasteiger partial charge >= 0.3 is 0 Å². The normalized spacial score (nSPS) is 22.0. The van der Waals surface area contributed by atoms with Crippen LogP contribution in [0.2, 0.25) is 0 Å². The van der Waals surface area contributed by atoms with Gasteiger partial charge in [-0.3, -0.25) is 0 Å². The standard InChI is InChI=1S/C13H18BrNO2S/c1-2-18(16,17)15-8-4-6-12(10-15)11-5-3-7-13(14)9-11/h3,5,7,9,12H,2,4,6,8,10H2,1H3. The van der Waals surface area contributed by atoms with Crippen molar-refractivity contribution in [2.24, 2.45) is 0 Å². The number of hydrogen-bond acceptors (Lipinski definition) is 2. The zero-order valence-electron chi connectivity index (χ0n) is 10.5. The van der Waals surface area contributed by atoms with E-state index < -0.39 is 10.0 Å². The molecule has 1 saturated heterocycles. The Balaban J connectivity index is 2.17. The average Bonchev–Trinajstić information content (AvgIpc) is 2.39. The largest absolute Gasteiger partial charge is 0.213 e. The number of piperidine rings is 1. The maximum atomic E-state index is 11.9. The van der Waals surface area contributed by atoms with Crippen LogP contribution in [0.4, 0.5) is 0 Å². The third-order valence-electron chi connectivity index (χ3n) is 3.46. The van der Waals surface area contributed by atoms with Gasteiger partial charge in [-0.05, 0) is 43.4 Å². The molecule has 1 aromatic carbocycles. The van der Waals surface area contributed by atoms with Crippen molar-refractivity contribution in [3.05, 3.63) is 34.3 Å². The molecule has 1 aliphatic heterocycles. The number of hydrogen-bond donors (Lipinski definition) is 0.